The summed E-state index contributed by atoms with van der Waals surface area (Å²) in [5, 5.41) is 8.85. The predicted octanol–water partition coefficient (Wildman–Crippen LogP) is 3.92. The van der Waals surface area contributed by atoms with Crippen LogP contribution in [0, 0.1) is 0 Å². The van der Waals surface area contributed by atoms with Crippen molar-refractivity contribution in [2.45, 2.75) is 30.0 Å². The first-order chi connectivity index (χ1) is 13.1. The van der Waals surface area contributed by atoms with Crippen molar-refractivity contribution in [2.75, 3.05) is 6.61 Å². The van der Waals surface area contributed by atoms with Crippen molar-refractivity contribution in [3.63, 3.8) is 0 Å². The minimum absolute atomic E-state index is 0.0890. The van der Waals surface area contributed by atoms with Gasteiger partial charge in [-0.05, 0) is 47.7 Å². The molecule has 0 amide bonds. The molecule has 0 radical (unpaired) electrons. The van der Waals surface area contributed by atoms with Gasteiger partial charge in [0.05, 0.1) is 17.1 Å². The number of rotatable bonds is 5. The van der Waals surface area contributed by atoms with Crippen molar-refractivity contribution in [2.24, 2.45) is 0 Å². The smallest absolute Gasteiger partial charge is 0.392 e. The van der Waals surface area contributed by atoms with Gasteiger partial charge in [0.2, 0.25) is 10.0 Å². The highest BCUT2D eigenvalue weighted by Crippen LogP contribution is 2.36. The van der Waals surface area contributed by atoms with Crippen molar-refractivity contribution in [3.05, 3.63) is 69.2 Å². The number of benzene rings is 2. The first-order valence-electron chi connectivity index (χ1n) is 8.38. The summed E-state index contributed by atoms with van der Waals surface area (Å²) in [5.41, 5.74) is 1.53. The summed E-state index contributed by atoms with van der Waals surface area (Å²) in [7, 11) is -4.35. The number of alkyl halides is 3. The van der Waals surface area contributed by atoms with Gasteiger partial charge < -0.3 is 5.11 Å². The van der Waals surface area contributed by atoms with E-state index in [9.17, 15) is 21.6 Å². The second kappa shape index (κ2) is 7.98. The lowest BCUT2D eigenvalue weighted by Gasteiger charge is -2.17. The van der Waals surface area contributed by atoms with Crippen molar-refractivity contribution in [1.82, 2.24) is 4.72 Å². The highest BCUT2D eigenvalue weighted by atomic mass is 79.9. The van der Waals surface area contributed by atoms with Gasteiger partial charge in [-0.3, -0.25) is 0 Å². The molecule has 2 N–H and O–H groups in total. The van der Waals surface area contributed by atoms with Gasteiger partial charge in [-0.2, -0.15) is 13.2 Å². The molecule has 3 rings (SSSR count). The van der Waals surface area contributed by atoms with Crippen LogP contribution in [0.1, 0.15) is 22.3 Å². The van der Waals surface area contributed by atoms with Gasteiger partial charge >= 0.3 is 6.18 Å². The Morgan fingerprint density at radius 2 is 1.86 bits per heavy atom. The van der Waals surface area contributed by atoms with E-state index < -0.39 is 32.7 Å². The molecule has 1 atom stereocenters. The maximum atomic E-state index is 13.3. The second-order valence-electron chi connectivity index (χ2n) is 6.48. The molecule has 150 valence electrons. The average Bonchev–Trinajstić information content (AvgIpc) is 2.99. The van der Waals surface area contributed by atoms with E-state index in [4.69, 9.17) is 5.11 Å². The Bertz CT molecular complexity index is 1020. The summed E-state index contributed by atoms with van der Waals surface area (Å²) < 4.78 is 67.8. The van der Waals surface area contributed by atoms with Crippen LogP contribution in [0.15, 0.2) is 51.8 Å². The molecule has 2 aromatic carbocycles. The zero-order valence-corrected chi connectivity index (χ0v) is 16.9. The largest absolute Gasteiger partial charge is 0.417 e. The predicted molar refractivity (Wildman–Crippen MR) is 103 cm³/mol. The van der Waals surface area contributed by atoms with Gasteiger partial charge in [-0.1, -0.05) is 46.3 Å². The Labute approximate surface area is 169 Å². The normalized spacial score (nSPS) is 17.2. The van der Waals surface area contributed by atoms with Crippen LogP contribution < -0.4 is 4.72 Å². The van der Waals surface area contributed by atoms with E-state index in [0.29, 0.717) is 12.8 Å². The number of aliphatic hydroxyl groups excluding tert-OH is 1. The summed E-state index contributed by atoms with van der Waals surface area (Å²) in [6.07, 6.45) is -0.678. The average molecular weight is 476 g/mol. The van der Waals surface area contributed by atoms with Gasteiger partial charge in [0.25, 0.3) is 0 Å². The van der Waals surface area contributed by atoms with E-state index in [-0.39, 0.29) is 11.1 Å². The minimum atomic E-state index is -4.79. The molecule has 0 aliphatic heterocycles. The molecule has 0 saturated heterocycles. The molecule has 1 unspecified atom stereocenters. The van der Waals surface area contributed by atoms with Gasteiger partial charge in [-0.15, -0.1) is 0 Å². The molecule has 4 nitrogen and oxygen atoms in total. The second-order valence-corrected chi connectivity index (χ2v) is 9.08. The maximum absolute atomic E-state index is 13.3. The van der Waals surface area contributed by atoms with E-state index in [1.165, 1.54) is 6.07 Å². The van der Waals surface area contributed by atoms with E-state index in [1.54, 1.807) is 12.2 Å². The molecule has 28 heavy (non-hydrogen) atoms. The standard InChI is InChI=1S/C19H17BrF3NO3S/c20-15-5-6-18(17(11-15)19(21,22)23)28(26,27)24-16-9-13-4-3-12(2-1-7-25)8-14(13)10-16/h1-6,8,11,16,24-25H,7,9-10H2/b2-1+. The number of aliphatic hydroxyl groups is 1. The van der Waals surface area contributed by atoms with Crippen molar-refractivity contribution >= 4 is 32.0 Å². The molecule has 0 saturated carbocycles. The van der Waals surface area contributed by atoms with Crippen LogP contribution in [-0.2, 0) is 29.0 Å². The number of hydrogen-bond donors (Lipinski definition) is 2. The summed E-state index contributed by atoms with van der Waals surface area (Å²) >= 11 is 2.95. The molecule has 0 heterocycles. The first-order valence-corrected chi connectivity index (χ1v) is 10.7. The van der Waals surface area contributed by atoms with Crippen LogP contribution in [0.25, 0.3) is 6.08 Å². The Hall–Kier alpha value is -1.68. The molecule has 0 fully saturated rings. The molecular formula is C19H17BrF3NO3S. The highest BCUT2D eigenvalue weighted by molar-refractivity contribution is 9.10. The number of nitrogens with one attached hydrogen (secondary N) is 1. The third kappa shape index (κ3) is 4.65. The fourth-order valence-corrected chi connectivity index (χ4v) is 5.06. The monoisotopic (exact) mass is 475 g/mol. The summed E-state index contributed by atoms with van der Waals surface area (Å²) in [6, 6.07) is 8.05. The zero-order chi connectivity index (χ0) is 20.5. The zero-order valence-electron chi connectivity index (χ0n) is 14.5. The Morgan fingerprint density at radius 1 is 1.14 bits per heavy atom. The third-order valence-electron chi connectivity index (χ3n) is 4.44. The van der Waals surface area contributed by atoms with Gasteiger partial charge in [0.15, 0.2) is 0 Å². The highest BCUT2D eigenvalue weighted by Gasteiger charge is 2.38. The SMILES string of the molecule is O=S(=O)(NC1Cc2ccc(/C=C/CO)cc2C1)c1ccc(Br)cc1C(F)(F)F. The molecule has 1 aliphatic rings. The van der Waals surface area contributed by atoms with Crippen LogP contribution in [0.5, 0.6) is 0 Å². The van der Waals surface area contributed by atoms with E-state index in [2.05, 4.69) is 20.7 Å². The van der Waals surface area contributed by atoms with E-state index in [0.717, 1.165) is 28.8 Å². The van der Waals surface area contributed by atoms with Crippen LogP contribution >= 0.6 is 15.9 Å². The van der Waals surface area contributed by atoms with E-state index >= 15 is 0 Å². The molecule has 2 aromatic rings. The summed E-state index contributed by atoms with van der Waals surface area (Å²) in [5.74, 6) is 0. The van der Waals surface area contributed by atoms with Crippen molar-refractivity contribution in [1.29, 1.82) is 0 Å². The first kappa shape index (κ1) is 21.0. The minimum Gasteiger partial charge on any atom is -0.392 e. The van der Waals surface area contributed by atoms with Crippen molar-refractivity contribution in [3.8, 4) is 0 Å². The molecule has 0 aromatic heterocycles. The fraction of sp³-hybridized carbons (Fsp3) is 0.263. The molecule has 9 heteroatoms. The quantitative estimate of drug-likeness (QED) is 0.688. The lowest BCUT2D eigenvalue weighted by atomic mass is 10.1. The van der Waals surface area contributed by atoms with Crippen molar-refractivity contribution < 1.29 is 26.7 Å². The number of sulfonamides is 1. The number of fused-ring (bicyclic) bond motifs is 1. The van der Waals surface area contributed by atoms with Crippen LogP contribution in [0.3, 0.4) is 0 Å². The Kier molecular flexibility index (Phi) is 6.00. The summed E-state index contributed by atoms with van der Waals surface area (Å²) in [6.45, 7) is -0.0890. The third-order valence-corrected chi connectivity index (χ3v) is 6.51. The maximum Gasteiger partial charge on any atom is 0.417 e. The topological polar surface area (TPSA) is 66.4 Å². The molecule has 0 spiro atoms. The van der Waals surface area contributed by atoms with E-state index in [1.807, 2.05) is 18.2 Å². The van der Waals surface area contributed by atoms with Gasteiger partial charge in [0, 0.05) is 10.5 Å². The molecule has 0 bridgehead atoms. The number of halogens is 4. The lowest BCUT2D eigenvalue weighted by Crippen LogP contribution is -2.36. The van der Waals surface area contributed by atoms with Gasteiger partial charge in [-0.25, -0.2) is 13.1 Å². The number of hydrogen-bond acceptors (Lipinski definition) is 3. The van der Waals surface area contributed by atoms with Crippen LogP contribution in [-0.4, -0.2) is 26.2 Å². The summed E-state index contributed by atoms with van der Waals surface area (Å²) in [4.78, 5) is -0.786. The Morgan fingerprint density at radius 3 is 2.54 bits per heavy atom. The fourth-order valence-electron chi connectivity index (χ4n) is 3.25. The van der Waals surface area contributed by atoms with Gasteiger partial charge in [0.1, 0.15) is 0 Å². The van der Waals surface area contributed by atoms with Crippen LogP contribution in [0.4, 0.5) is 13.2 Å². The van der Waals surface area contributed by atoms with Crippen LogP contribution in [0.2, 0.25) is 0 Å². The lowest BCUT2D eigenvalue weighted by molar-refractivity contribution is -0.139. The molecule has 1 aliphatic carbocycles. The molecular weight excluding hydrogens is 459 g/mol. The Balaban J connectivity index is 1.84.